The zero-order valence-electron chi connectivity index (χ0n) is 15.1. The number of Topliss-reactive ketones (excluding diaryl/α,β-unsaturated/α-hetero) is 1. The minimum absolute atomic E-state index is 0.184. The van der Waals surface area contributed by atoms with Gasteiger partial charge >= 0.3 is 0 Å². The van der Waals surface area contributed by atoms with Crippen LogP contribution in [0, 0.1) is 0 Å². The number of nitrogens with two attached hydrogens (primary N) is 1. The number of rotatable bonds is 7. The Bertz CT molecular complexity index is 564. The summed E-state index contributed by atoms with van der Waals surface area (Å²) in [5.74, 6) is 0.184. The predicted octanol–water partition coefficient (Wildman–Crippen LogP) is 3.31. The van der Waals surface area contributed by atoms with Crippen LogP contribution in [-0.2, 0) is 4.74 Å². The molecule has 2 aliphatic rings. The van der Waals surface area contributed by atoms with Crippen LogP contribution in [0.3, 0.4) is 0 Å². The zero-order valence-corrected chi connectivity index (χ0v) is 15.1. The average Bonchev–Trinajstić information content (AvgIpc) is 2.65. The van der Waals surface area contributed by atoms with Gasteiger partial charge in [-0.25, -0.2) is 0 Å². The summed E-state index contributed by atoms with van der Waals surface area (Å²) in [7, 11) is 0. The first-order valence-corrected chi connectivity index (χ1v) is 9.72. The number of anilines is 2. The molecule has 3 N–H and O–H groups in total. The molecule has 5 nitrogen and oxygen atoms in total. The molecule has 1 aliphatic heterocycles. The molecule has 25 heavy (non-hydrogen) atoms. The predicted molar refractivity (Wildman–Crippen MR) is 102 cm³/mol. The molecular weight excluding hydrogens is 314 g/mol. The third-order valence-corrected chi connectivity index (χ3v) is 5.32. The number of hydrogen-bond acceptors (Lipinski definition) is 5. The molecule has 0 radical (unpaired) electrons. The molecule has 138 valence electrons. The molecule has 1 aliphatic carbocycles. The molecule has 1 saturated carbocycles. The van der Waals surface area contributed by atoms with E-state index in [-0.39, 0.29) is 5.78 Å². The Labute approximate surface area is 150 Å². The van der Waals surface area contributed by atoms with Crippen LogP contribution in [-0.4, -0.2) is 49.6 Å². The van der Waals surface area contributed by atoms with Gasteiger partial charge in [0.2, 0.25) is 0 Å². The number of nitrogens with zero attached hydrogens (tertiary/aromatic N) is 1. The Kier molecular flexibility index (Phi) is 6.70. The lowest BCUT2D eigenvalue weighted by molar-refractivity contribution is 0.0371. The van der Waals surface area contributed by atoms with Crippen LogP contribution in [0.15, 0.2) is 18.2 Å². The van der Waals surface area contributed by atoms with E-state index in [1.54, 1.807) is 0 Å². The molecule has 0 bridgehead atoms. The van der Waals surface area contributed by atoms with E-state index in [4.69, 9.17) is 10.5 Å². The molecule has 0 unspecified atom stereocenters. The van der Waals surface area contributed by atoms with Crippen LogP contribution < -0.4 is 11.1 Å². The summed E-state index contributed by atoms with van der Waals surface area (Å²) in [6, 6.07) is 6.24. The number of morpholine rings is 1. The van der Waals surface area contributed by atoms with E-state index in [1.807, 2.05) is 18.2 Å². The lowest BCUT2D eigenvalue weighted by atomic mass is 9.95. The fourth-order valence-electron chi connectivity index (χ4n) is 3.77. The fourth-order valence-corrected chi connectivity index (χ4v) is 3.77. The highest BCUT2D eigenvalue weighted by Crippen LogP contribution is 2.26. The van der Waals surface area contributed by atoms with Gasteiger partial charge in [0.25, 0.3) is 0 Å². The van der Waals surface area contributed by atoms with Gasteiger partial charge in [-0.3, -0.25) is 9.69 Å². The Morgan fingerprint density at radius 3 is 2.68 bits per heavy atom. The maximum absolute atomic E-state index is 12.4. The van der Waals surface area contributed by atoms with Crippen LogP contribution in [0.4, 0.5) is 11.4 Å². The molecule has 0 aromatic heterocycles. The van der Waals surface area contributed by atoms with Crippen molar-refractivity contribution in [3.05, 3.63) is 23.8 Å². The first kappa shape index (κ1) is 18.2. The quantitative estimate of drug-likeness (QED) is 0.586. The summed E-state index contributed by atoms with van der Waals surface area (Å²) >= 11 is 0. The molecule has 1 saturated heterocycles. The summed E-state index contributed by atoms with van der Waals surface area (Å²) < 4.78 is 5.35. The van der Waals surface area contributed by atoms with Gasteiger partial charge in [0.1, 0.15) is 0 Å². The van der Waals surface area contributed by atoms with Gasteiger partial charge in [0.15, 0.2) is 5.78 Å². The van der Waals surface area contributed by atoms with Crippen molar-refractivity contribution in [2.45, 2.75) is 51.0 Å². The maximum atomic E-state index is 12.4. The average molecular weight is 345 g/mol. The zero-order chi connectivity index (χ0) is 17.5. The highest BCUT2D eigenvalue weighted by Gasteiger charge is 2.15. The first-order valence-electron chi connectivity index (χ1n) is 9.72. The molecule has 2 fully saturated rings. The fraction of sp³-hybridized carbons (Fsp3) is 0.650. The Hall–Kier alpha value is -1.59. The van der Waals surface area contributed by atoms with E-state index >= 15 is 0 Å². The summed E-state index contributed by atoms with van der Waals surface area (Å²) in [5, 5.41) is 3.55. The number of ketones is 1. The summed E-state index contributed by atoms with van der Waals surface area (Å²) in [6.07, 6.45) is 7.80. The van der Waals surface area contributed by atoms with Gasteiger partial charge in [0.05, 0.1) is 24.6 Å². The third-order valence-electron chi connectivity index (χ3n) is 5.32. The van der Waals surface area contributed by atoms with Crippen molar-refractivity contribution in [1.29, 1.82) is 0 Å². The summed E-state index contributed by atoms with van der Waals surface area (Å²) in [6.45, 7) is 4.52. The SMILES string of the molecule is Nc1cc(C(=O)CCCN2CCOCC2)ccc1NC1CCCCC1. The van der Waals surface area contributed by atoms with Crippen molar-refractivity contribution in [3.63, 3.8) is 0 Å². The number of nitrogens with one attached hydrogen (secondary N) is 1. The van der Waals surface area contributed by atoms with Crippen molar-refractivity contribution < 1.29 is 9.53 Å². The lowest BCUT2D eigenvalue weighted by Gasteiger charge is -2.26. The molecule has 0 amide bonds. The van der Waals surface area contributed by atoms with E-state index in [0.717, 1.165) is 50.5 Å². The second-order valence-corrected chi connectivity index (χ2v) is 7.26. The van der Waals surface area contributed by atoms with Crippen molar-refractivity contribution in [2.24, 2.45) is 0 Å². The maximum Gasteiger partial charge on any atom is 0.163 e. The molecule has 1 aromatic carbocycles. The minimum Gasteiger partial charge on any atom is -0.397 e. The number of ether oxygens (including phenoxy) is 1. The Morgan fingerprint density at radius 2 is 1.96 bits per heavy atom. The second kappa shape index (κ2) is 9.20. The third kappa shape index (κ3) is 5.44. The van der Waals surface area contributed by atoms with E-state index in [1.165, 1.54) is 32.1 Å². The smallest absolute Gasteiger partial charge is 0.163 e. The highest BCUT2D eigenvalue weighted by molar-refractivity contribution is 5.97. The molecule has 5 heteroatoms. The van der Waals surface area contributed by atoms with Crippen molar-refractivity contribution in [2.75, 3.05) is 43.9 Å². The van der Waals surface area contributed by atoms with E-state index in [9.17, 15) is 4.79 Å². The highest BCUT2D eigenvalue weighted by atomic mass is 16.5. The lowest BCUT2D eigenvalue weighted by Crippen LogP contribution is -2.36. The summed E-state index contributed by atoms with van der Waals surface area (Å²) in [4.78, 5) is 14.8. The number of benzene rings is 1. The number of carbonyl (C=O) groups is 1. The van der Waals surface area contributed by atoms with Crippen LogP contribution >= 0.6 is 0 Å². The van der Waals surface area contributed by atoms with Gasteiger partial charge in [-0.1, -0.05) is 19.3 Å². The van der Waals surface area contributed by atoms with Crippen LogP contribution in [0.1, 0.15) is 55.3 Å². The number of nitrogen functional groups attached to an aromatic ring is 1. The minimum atomic E-state index is 0.184. The molecule has 1 heterocycles. The van der Waals surface area contributed by atoms with Gasteiger partial charge in [-0.15, -0.1) is 0 Å². The van der Waals surface area contributed by atoms with Crippen molar-refractivity contribution in [3.8, 4) is 0 Å². The molecule has 1 aromatic rings. The van der Waals surface area contributed by atoms with Gasteiger partial charge in [-0.2, -0.15) is 0 Å². The normalized spacial score (nSPS) is 19.7. The van der Waals surface area contributed by atoms with Crippen molar-refractivity contribution in [1.82, 2.24) is 4.90 Å². The Balaban J connectivity index is 1.48. The molecule has 3 rings (SSSR count). The summed E-state index contributed by atoms with van der Waals surface area (Å²) in [5.41, 5.74) is 8.57. The second-order valence-electron chi connectivity index (χ2n) is 7.26. The van der Waals surface area contributed by atoms with Crippen molar-refractivity contribution >= 4 is 17.2 Å². The van der Waals surface area contributed by atoms with Gasteiger partial charge in [0, 0.05) is 31.1 Å². The topological polar surface area (TPSA) is 67.6 Å². The standard InChI is InChI=1S/C20H31N3O2/c21-18-15-16(8-9-19(18)22-17-5-2-1-3-6-17)20(24)7-4-10-23-11-13-25-14-12-23/h8-9,15,17,22H,1-7,10-14,21H2. The van der Waals surface area contributed by atoms with Crippen LogP contribution in [0.2, 0.25) is 0 Å². The van der Waals surface area contributed by atoms with Crippen LogP contribution in [0.25, 0.3) is 0 Å². The molecular formula is C20H31N3O2. The molecule has 0 spiro atoms. The number of carbonyl (C=O) groups excluding carboxylic acids is 1. The monoisotopic (exact) mass is 345 g/mol. The first-order chi connectivity index (χ1) is 12.2. The van der Waals surface area contributed by atoms with Gasteiger partial charge < -0.3 is 15.8 Å². The van der Waals surface area contributed by atoms with Crippen LogP contribution in [0.5, 0.6) is 0 Å². The molecule has 0 atom stereocenters. The van der Waals surface area contributed by atoms with E-state index in [2.05, 4.69) is 10.2 Å². The van der Waals surface area contributed by atoms with E-state index in [0.29, 0.717) is 18.2 Å². The Morgan fingerprint density at radius 1 is 1.20 bits per heavy atom. The van der Waals surface area contributed by atoms with Gasteiger partial charge in [-0.05, 0) is 44.0 Å². The number of hydrogen-bond donors (Lipinski definition) is 2. The largest absolute Gasteiger partial charge is 0.397 e. The van der Waals surface area contributed by atoms with E-state index < -0.39 is 0 Å².